The van der Waals surface area contributed by atoms with Crippen LogP contribution in [0.5, 0.6) is 0 Å². The normalized spacial score (nSPS) is 16.4. The largest absolute Gasteiger partial charge is 0.444 e. The minimum absolute atomic E-state index is 0.122. The van der Waals surface area contributed by atoms with Gasteiger partial charge in [-0.3, -0.25) is 4.90 Å². The predicted octanol–water partition coefficient (Wildman–Crippen LogP) is 3.59. The van der Waals surface area contributed by atoms with E-state index in [-0.39, 0.29) is 17.8 Å². The molecular formula is C21H28N2O4. The van der Waals surface area contributed by atoms with E-state index >= 15 is 0 Å². The molecule has 0 atom stereocenters. The third-order valence-electron chi connectivity index (χ3n) is 4.69. The molecule has 1 fully saturated rings. The topological polar surface area (TPSA) is 71.8 Å². The zero-order valence-electron chi connectivity index (χ0n) is 16.5. The Morgan fingerprint density at radius 1 is 1.26 bits per heavy atom. The van der Waals surface area contributed by atoms with Crippen LogP contribution in [0.15, 0.2) is 33.5 Å². The van der Waals surface area contributed by atoms with Crippen LogP contribution in [0.2, 0.25) is 0 Å². The Kier molecular flexibility index (Phi) is 5.56. The van der Waals surface area contributed by atoms with Crippen molar-refractivity contribution in [2.45, 2.75) is 58.7 Å². The van der Waals surface area contributed by atoms with Gasteiger partial charge in [0, 0.05) is 37.1 Å². The number of fused-ring (bicyclic) bond motifs is 1. The molecule has 2 heterocycles. The number of benzene rings is 1. The number of hydrogen-bond donors (Lipinski definition) is 1. The summed E-state index contributed by atoms with van der Waals surface area (Å²) in [5.74, 6) is 0. The number of rotatable bonds is 3. The van der Waals surface area contributed by atoms with Gasteiger partial charge in [0.05, 0.1) is 0 Å². The molecule has 0 unspecified atom stereocenters. The molecule has 0 saturated carbocycles. The fraction of sp³-hybridized carbons (Fsp3) is 0.524. The number of amides is 1. The number of piperidine rings is 1. The zero-order valence-corrected chi connectivity index (χ0v) is 16.5. The first-order valence-corrected chi connectivity index (χ1v) is 9.45. The average Bonchev–Trinajstić information content (AvgIpc) is 2.54. The maximum absolute atomic E-state index is 11.9. The van der Waals surface area contributed by atoms with Gasteiger partial charge in [0.1, 0.15) is 11.2 Å². The lowest BCUT2D eigenvalue weighted by Crippen LogP contribution is -2.45. The second-order valence-corrected chi connectivity index (χ2v) is 8.29. The van der Waals surface area contributed by atoms with E-state index in [1.807, 2.05) is 45.9 Å². The number of carbonyl (C=O) groups is 1. The van der Waals surface area contributed by atoms with Crippen LogP contribution in [0.4, 0.5) is 4.79 Å². The number of nitrogens with one attached hydrogen (secondary N) is 1. The first-order valence-electron chi connectivity index (χ1n) is 9.45. The van der Waals surface area contributed by atoms with Crippen LogP contribution in [-0.2, 0) is 11.3 Å². The van der Waals surface area contributed by atoms with Crippen molar-refractivity contribution in [3.05, 3.63) is 45.8 Å². The van der Waals surface area contributed by atoms with Gasteiger partial charge in [0.15, 0.2) is 0 Å². The van der Waals surface area contributed by atoms with Gasteiger partial charge in [-0.1, -0.05) is 12.1 Å². The third kappa shape index (κ3) is 5.32. The van der Waals surface area contributed by atoms with Crippen LogP contribution in [-0.4, -0.2) is 35.7 Å². The molecule has 1 saturated heterocycles. The third-order valence-corrected chi connectivity index (χ3v) is 4.69. The van der Waals surface area contributed by atoms with Crippen LogP contribution >= 0.6 is 0 Å². The first-order chi connectivity index (χ1) is 12.7. The van der Waals surface area contributed by atoms with Crippen molar-refractivity contribution in [3.63, 3.8) is 0 Å². The number of carbonyl (C=O) groups excluding carboxylic acids is 1. The van der Waals surface area contributed by atoms with Gasteiger partial charge in [-0.2, -0.15) is 0 Å². The Bertz CT molecular complexity index is 874. The van der Waals surface area contributed by atoms with Gasteiger partial charge < -0.3 is 14.5 Å². The molecule has 0 radical (unpaired) electrons. The molecule has 1 N–H and O–H groups in total. The lowest BCUT2D eigenvalue weighted by molar-refractivity contribution is 0.0477. The molecule has 1 aliphatic heterocycles. The van der Waals surface area contributed by atoms with Crippen molar-refractivity contribution < 1.29 is 13.9 Å². The Morgan fingerprint density at radius 2 is 1.96 bits per heavy atom. The summed E-state index contributed by atoms with van der Waals surface area (Å²) in [6.07, 6.45) is 1.36. The molecule has 146 valence electrons. The highest BCUT2D eigenvalue weighted by molar-refractivity contribution is 5.80. The first kappa shape index (κ1) is 19.4. The van der Waals surface area contributed by atoms with E-state index in [2.05, 4.69) is 10.2 Å². The smallest absolute Gasteiger partial charge is 0.407 e. The molecule has 6 nitrogen and oxygen atoms in total. The summed E-state index contributed by atoms with van der Waals surface area (Å²) in [6.45, 7) is 9.97. The predicted molar refractivity (Wildman–Crippen MR) is 105 cm³/mol. The van der Waals surface area contributed by atoms with Crippen LogP contribution in [0.25, 0.3) is 11.0 Å². The Labute approximate surface area is 159 Å². The molecule has 27 heavy (non-hydrogen) atoms. The molecule has 6 heteroatoms. The number of nitrogens with zero attached hydrogens (tertiary/aromatic N) is 1. The van der Waals surface area contributed by atoms with Gasteiger partial charge >= 0.3 is 11.7 Å². The molecule has 0 aliphatic carbocycles. The molecular weight excluding hydrogens is 344 g/mol. The number of hydrogen-bond acceptors (Lipinski definition) is 5. The van der Waals surface area contributed by atoms with Gasteiger partial charge in [0.25, 0.3) is 0 Å². The number of alkyl carbamates (subject to hydrolysis) is 1. The van der Waals surface area contributed by atoms with Crippen molar-refractivity contribution in [1.29, 1.82) is 0 Å². The van der Waals surface area contributed by atoms with Crippen LogP contribution in [0, 0.1) is 6.92 Å². The molecule has 0 spiro atoms. The van der Waals surface area contributed by atoms with Gasteiger partial charge in [0.2, 0.25) is 0 Å². The van der Waals surface area contributed by atoms with Crippen molar-refractivity contribution >= 4 is 17.1 Å². The number of likely N-dealkylation sites (tertiary alicyclic amines) is 1. The van der Waals surface area contributed by atoms with E-state index in [9.17, 15) is 9.59 Å². The Morgan fingerprint density at radius 3 is 2.63 bits per heavy atom. The summed E-state index contributed by atoms with van der Waals surface area (Å²) in [5, 5.41) is 3.93. The number of ether oxygens (including phenoxy) is 1. The molecule has 3 rings (SSSR count). The fourth-order valence-corrected chi connectivity index (χ4v) is 3.42. The Hall–Kier alpha value is -2.34. The maximum atomic E-state index is 11.9. The standard InChI is InChI=1S/C21H28N2O4/c1-14-5-6-17-15(12-19(24)26-18(17)11-14)13-23-9-7-16(8-10-23)22-20(25)27-21(2,3)4/h5-6,11-12,16H,7-10,13H2,1-4H3,(H,22,25). The average molecular weight is 372 g/mol. The van der Waals surface area contributed by atoms with E-state index in [1.54, 1.807) is 6.07 Å². The van der Waals surface area contributed by atoms with E-state index in [0.717, 1.165) is 42.4 Å². The summed E-state index contributed by atoms with van der Waals surface area (Å²) in [7, 11) is 0. The lowest BCUT2D eigenvalue weighted by Gasteiger charge is -2.33. The molecule has 1 amide bonds. The monoisotopic (exact) mass is 372 g/mol. The lowest BCUT2D eigenvalue weighted by atomic mass is 10.0. The zero-order chi connectivity index (χ0) is 19.6. The molecule has 1 aromatic heterocycles. The van der Waals surface area contributed by atoms with E-state index in [0.29, 0.717) is 12.1 Å². The summed E-state index contributed by atoms with van der Waals surface area (Å²) in [5.41, 5.74) is 1.89. The van der Waals surface area contributed by atoms with E-state index in [4.69, 9.17) is 9.15 Å². The summed E-state index contributed by atoms with van der Waals surface area (Å²) >= 11 is 0. The molecule has 1 aromatic carbocycles. The van der Waals surface area contributed by atoms with Crippen LogP contribution in [0.3, 0.4) is 0 Å². The highest BCUT2D eigenvalue weighted by Gasteiger charge is 2.24. The summed E-state index contributed by atoms with van der Waals surface area (Å²) < 4.78 is 10.7. The van der Waals surface area contributed by atoms with Crippen LogP contribution in [0.1, 0.15) is 44.7 Å². The van der Waals surface area contributed by atoms with Crippen molar-refractivity contribution in [2.75, 3.05) is 13.1 Å². The highest BCUT2D eigenvalue weighted by atomic mass is 16.6. The van der Waals surface area contributed by atoms with Gasteiger partial charge in [-0.25, -0.2) is 9.59 Å². The second kappa shape index (κ2) is 7.72. The van der Waals surface area contributed by atoms with Crippen LogP contribution < -0.4 is 10.9 Å². The van der Waals surface area contributed by atoms with Gasteiger partial charge in [-0.15, -0.1) is 0 Å². The SMILES string of the molecule is Cc1ccc2c(CN3CCC(NC(=O)OC(C)(C)C)CC3)cc(=O)oc2c1. The van der Waals surface area contributed by atoms with Crippen molar-refractivity contribution in [3.8, 4) is 0 Å². The minimum atomic E-state index is -0.488. The van der Waals surface area contributed by atoms with Crippen molar-refractivity contribution in [1.82, 2.24) is 10.2 Å². The second-order valence-electron chi connectivity index (χ2n) is 8.29. The minimum Gasteiger partial charge on any atom is -0.444 e. The van der Waals surface area contributed by atoms with Gasteiger partial charge in [-0.05, 0) is 57.7 Å². The summed E-state index contributed by atoms with van der Waals surface area (Å²) in [6, 6.07) is 7.65. The molecule has 2 aromatic rings. The molecule has 0 bridgehead atoms. The molecule has 1 aliphatic rings. The highest BCUT2D eigenvalue weighted by Crippen LogP contribution is 2.21. The quantitative estimate of drug-likeness (QED) is 0.834. The Balaban J connectivity index is 1.61. The van der Waals surface area contributed by atoms with E-state index < -0.39 is 5.60 Å². The fourth-order valence-electron chi connectivity index (χ4n) is 3.42. The van der Waals surface area contributed by atoms with Crippen molar-refractivity contribution in [2.24, 2.45) is 0 Å². The maximum Gasteiger partial charge on any atom is 0.407 e. The van der Waals surface area contributed by atoms with E-state index in [1.165, 1.54) is 0 Å². The number of aryl methyl sites for hydroxylation is 1. The summed E-state index contributed by atoms with van der Waals surface area (Å²) in [4.78, 5) is 26.1.